The number of aryl methyl sites for hydroxylation is 1. The van der Waals surface area contributed by atoms with E-state index in [-0.39, 0.29) is 17.1 Å². The molecule has 154 valence electrons. The van der Waals surface area contributed by atoms with Crippen molar-refractivity contribution in [1.29, 1.82) is 0 Å². The molecule has 0 saturated carbocycles. The number of methoxy groups -OCH3 is 1. The number of rotatable bonds is 7. The van der Waals surface area contributed by atoms with Crippen LogP contribution >= 0.6 is 11.8 Å². The first-order valence-corrected chi connectivity index (χ1v) is 10.4. The van der Waals surface area contributed by atoms with Crippen molar-refractivity contribution in [3.8, 4) is 5.75 Å². The SMILES string of the molecule is COc1cccc(NC(=O)C(C)Sc2ccc(NC(=O)c3ccc(C)cc3)cc2)c1. The molecule has 0 aliphatic heterocycles. The van der Waals surface area contributed by atoms with Gasteiger partial charge in [0.2, 0.25) is 5.91 Å². The van der Waals surface area contributed by atoms with Gasteiger partial charge in [-0.15, -0.1) is 11.8 Å². The van der Waals surface area contributed by atoms with E-state index in [9.17, 15) is 9.59 Å². The molecule has 1 unspecified atom stereocenters. The molecule has 30 heavy (non-hydrogen) atoms. The van der Waals surface area contributed by atoms with Crippen molar-refractivity contribution in [3.63, 3.8) is 0 Å². The number of benzene rings is 3. The van der Waals surface area contributed by atoms with Gasteiger partial charge in [0.05, 0.1) is 12.4 Å². The number of ether oxygens (including phenoxy) is 1. The molecule has 0 saturated heterocycles. The van der Waals surface area contributed by atoms with Crippen molar-refractivity contribution >= 4 is 35.0 Å². The minimum absolute atomic E-state index is 0.0926. The van der Waals surface area contributed by atoms with Crippen LogP contribution in [0.15, 0.2) is 77.7 Å². The summed E-state index contributed by atoms with van der Waals surface area (Å²) in [5.74, 6) is 0.447. The van der Waals surface area contributed by atoms with E-state index in [1.807, 2.05) is 68.4 Å². The van der Waals surface area contributed by atoms with E-state index in [1.54, 1.807) is 25.3 Å². The molecule has 3 aromatic carbocycles. The third-order valence-corrected chi connectivity index (χ3v) is 5.56. The van der Waals surface area contributed by atoms with Crippen molar-refractivity contribution < 1.29 is 14.3 Å². The van der Waals surface area contributed by atoms with Gasteiger partial charge in [-0.2, -0.15) is 0 Å². The monoisotopic (exact) mass is 420 g/mol. The molecule has 0 bridgehead atoms. The highest BCUT2D eigenvalue weighted by Gasteiger charge is 2.15. The van der Waals surface area contributed by atoms with E-state index in [2.05, 4.69) is 10.6 Å². The zero-order valence-electron chi connectivity index (χ0n) is 17.1. The van der Waals surface area contributed by atoms with Crippen LogP contribution in [0, 0.1) is 6.92 Å². The van der Waals surface area contributed by atoms with Gasteiger partial charge in [0, 0.05) is 27.9 Å². The van der Waals surface area contributed by atoms with E-state index >= 15 is 0 Å². The highest BCUT2D eigenvalue weighted by atomic mass is 32.2. The quantitative estimate of drug-likeness (QED) is 0.504. The fourth-order valence-electron chi connectivity index (χ4n) is 2.73. The van der Waals surface area contributed by atoms with Crippen molar-refractivity contribution in [2.24, 2.45) is 0 Å². The normalized spacial score (nSPS) is 11.4. The lowest BCUT2D eigenvalue weighted by Crippen LogP contribution is -2.22. The van der Waals surface area contributed by atoms with Gasteiger partial charge in [0.15, 0.2) is 0 Å². The van der Waals surface area contributed by atoms with E-state index in [0.29, 0.717) is 22.7 Å². The third-order valence-electron chi connectivity index (χ3n) is 4.45. The molecule has 0 fully saturated rings. The molecule has 0 heterocycles. The molecule has 0 aromatic heterocycles. The Labute approximate surface area is 180 Å². The summed E-state index contributed by atoms with van der Waals surface area (Å²) in [6, 6.07) is 22.1. The molecule has 2 N–H and O–H groups in total. The molecule has 0 radical (unpaired) electrons. The fourth-order valence-corrected chi connectivity index (χ4v) is 3.59. The predicted molar refractivity (Wildman–Crippen MR) is 123 cm³/mol. The van der Waals surface area contributed by atoms with Crippen molar-refractivity contribution in [1.82, 2.24) is 0 Å². The summed E-state index contributed by atoms with van der Waals surface area (Å²) in [6.07, 6.45) is 0. The molecule has 0 aliphatic carbocycles. The first-order chi connectivity index (χ1) is 14.4. The number of thioether (sulfide) groups is 1. The Kier molecular flexibility index (Phi) is 7.14. The highest BCUT2D eigenvalue weighted by molar-refractivity contribution is 8.00. The van der Waals surface area contributed by atoms with Crippen molar-refractivity contribution in [3.05, 3.63) is 83.9 Å². The summed E-state index contributed by atoms with van der Waals surface area (Å²) >= 11 is 1.45. The number of hydrogen-bond donors (Lipinski definition) is 2. The molecule has 0 aliphatic rings. The number of carbonyl (C=O) groups is 2. The maximum Gasteiger partial charge on any atom is 0.255 e. The predicted octanol–water partition coefficient (Wildman–Crippen LogP) is 5.38. The van der Waals surface area contributed by atoms with E-state index in [1.165, 1.54) is 11.8 Å². The number of carbonyl (C=O) groups excluding carboxylic acids is 2. The number of anilines is 2. The Hall–Kier alpha value is -3.25. The van der Waals surface area contributed by atoms with Crippen LogP contribution in [0.4, 0.5) is 11.4 Å². The third kappa shape index (κ3) is 5.87. The zero-order valence-corrected chi connectivity index (χ0v) is 18.0. The van der Waals surface area contributed by atoms with Crippen LogP contribution in [0.5, 0.6) is 5.75 Å². The van der Waals surface area contributed by atoms with Gasteiger partial charge in [-0.25, -0.2) is 0 Å². The molecule has 3 aromatic rings. The largest absolute Gasteiger partial charge is 0.497 e. The molecule has 6 heteroatoms. The van der Waals surface area contributed by atoms with Gasteiger partial charge in [-0.05, 0) is 62.4 Å². The first kappa shape index (κ1) is 21.5. The molecular weight excluding hydrogens is 396 g/mol. The van der Waals surface area contributed by atoms with Crippen LogP contribution in [0.2, 0.25) is 0 Å². The van der Waals surface area contributed by atoms with Crippen molar-refractivity contribution in [2.75, 3.05) is 17.7 Å². The molecule has 1 atom stereocenters. The number of amides is 2. The van der Waals surface area contributed by atoms with Crippen LogP contribution in [0.25, 0.3) is 0 Å². The zero-order chi connectivity index (χ0) is 21.5. The summed E-state index contributed by atoms with van der Waals surface area (Å²) in [5.41, 5.74) is 3.12. The van der Waals surface area contributed by atoms with Crippen LogP contribution < -0.4 is 15.4 Å². The second-order valence-electron chi connectivity index (χ2n) is 6.83. The summed E-state index contributed by atoms with van der Waals surface area (Å²) in [7, 11) is 1.59. The van der Waals surface area contributed by atoms with Crippen LogP contribution in [0.3, 0.4) is 0 Å². The summed E-state index contributed by atoms with van der Waals surface area (Å²) in [6.45, 7) is 3.84. The van der Waals surface area contributed by atoms with E-state index in [4.69, 9.17) is 4.74 Å². The van der Waals surface area contributed by atoms with Crippen molar-refractivity contribution in [2.45, 2.75) is 24.0 Å². The molecule has 2 amide bonds. The smallest absolute Gasteiger partial charge is 0.255 e. The maximum absolute atomic E-state index is 12.5. The van der Waals surface area contributed by atoms with Crippen LogP contribution in [-0.2, 0) is 4.79 Å². The lowest BCUT2D eigenvalue weighted by Gasteiger charge is -2.13. The number of nitrogens with one attached hydrogen (secondary N) is 2. The Balaban J connectivity index is 1.55. The number of hydrogen-bond acceptors (Lipinski definition) is 4. The second-order valence-corrected chi connectivity index (χ2v) is 8.24. The Morgan fingerprint density at radius 3 is 2.27 bits per heavy atom. The summed E-state index contributed by atoms with van der Waals surface area (Å²) < 4.78 is 5.18. The maximum atomic E-state index is 12.5. The molecule has 0 spiro atoms. The van der Waals surface area contributed by atoms with Gasteiger partial charge < -0.3 is 15.4 Å². The van der Waals surface area contributed by atoms with Crippen LogP contribution in [-0.4, -0.2) is 24.2 Å². The average molecular weight is 421 g/mol. The van der Waals surface area contributed by atoms with E-state index in [0.717, 1.165) is 10.5 Å². The molecule has 3 rings (SSSR count). The van der Waals surface area contributed by atoms with Gasteiger partial charge in [-0.3, -0.25) is 9.59 Å². The topological polar surface area (TPSA) is 67.4 Å². The van der Waals surface area contributed by atoms with Gasteiger partial charge in [-0.1, -0.05) is 23.8 Å². The fraction of sp³-hybridized carbons (Fsp3) is 0.167. The van der Waals surface area contributed by atoms with Gasteiger partial charge >= 0.3 is 0 Å². The first-order valence-electron chi connectivity index (χ1n) is 9.54. The molecular formula is C24H24N2O3S. The summed E-state index contributed by atoms with van der Waals surface area (Å²) in [5, 5.41) is 5.50. The lowest BCUT2D eigenvalue weighted by molar-refractivity contribution is -0.115. The Bertz CT molecular complexity index is 1020. The van der Waals surface area contributed by atoms with Gasteiger partial charge in [0.25, 0.3) is 5.91 Å². The Morgan fingerprint density at radius 1 is 0.900 bits per heavy atom. The van der Waals surface area contributed by atoms with Crippen LogP contribution in [0.1, 0.15) is 22.8 Å². The molecule has 5 nitrogen and oxygen atoms in total. The van der Waals surface area contributed by atoms with Gasteiger partial charge in [0.1, 0.15) is 5.75 Å². The highest BCUT2D eigenvalue weighted by Crippen LogP contribution is 2.26. The second kappa shape index (κ2) is 9.98. The standard InChI is InChI=1S/C24H24N2O3S/c1-16-7-9-18(10-8-16)24(28)25-19-11-13-22(14-12-19)30-17(2)23(27)26-20-5-4-6-21(15-20)29-3/h4-15,17H,1-3H3,(H,25,28)(H,26,27). The summed E-state index contributed by atoms with van der Waals surface area (Å²) in [4.78, 5) is 25.7. The minimum atomic E-state index is -0.288. The lowest BCUT2D eigenvalue weighted by atomic mass is 10.1. The Morgan fingerprint density at radius 2 is 1.60 bits per heavy atom. The average Bonchev–Trinajstić information content (AvgIpc) is 2.75. The minimum Gasteiger partial charge on any atom is -0.497 e. The van der Waals surface area contributed by atoms with E-state index < -0.39 is 0 Å².